The standard InChI is InChI=1S/C16H20OSi/c1-16(2,3)17-18(14-10-6-4-7-11-14)15-12-8-5-9-13-15/h4-13,18H,1-3H3. The normalized spacial score (nSPS) is 11.8. The maximum Gasteiger partial charge on any atom is 0.240 e. The summed E-state index contributed by atoms with van der Waals surface area (Å²) in [6.45, 7) is 6.37. The van der Waals surface area contributed by atoms with Crippen LogP contribution in [0.4, 0.5) is 0 Å². The van der Waals surface area contributed by atoms with Crippen molar-refractivity contribution in [2.24, 2.45) is 0 Å². The second-order valence-electron chi connectivity index (χ2n) is 5.43. The van der Waals surface area contributed by atoms with E-state index in [9.17, 15) is 0 Å². The molecule has 0 aliphatic heterocycles. The molecular weight excluding hydrogens is 236 g/mol. The van der Waals surface area contributed by atoms with Gasteiger partial charge in [-0.05, 0) is 31.1 Å². The van der Waals surface area contributed by atoms with Crippen LogP contribution in [0.25, 0.3) is 0 Å². The summed E-state index contributed by atoms with van der Waals surface area (Å²) in [5, 5.41) is 2.66. The minimum absolute atomic E-state index is 0.109. The van der Waals surface area contributed by atoms with Crippen LogP contribution in [0.1, 0.15) is 20.8 Å². The Balaban J connectivity index is 2.36. The first-order valence-electron chi connectivity index (χ1n) is 6.34. The molecule has 2 aromatic carbocycles. The van der Waals surface area contributed by atoms with Crippen molar-refractivity contribution in [1.29, 1.82) is 0 Å². The van der Waals surface area contributed by atoms with Crippen LogP contribution in [0.2, 0.25) is 0 Å². The number of hydrogen-bond donors (Lipinski definition) is 0. The summed E-state index contributed by atoms with van der Waals surface area (Å²) >= 11 is 0. The Morgan fingerprint density at radius 1 is 0.722 bits per heavy atom. The average Bonchev–Trinajstić information content (AvgIpc) is 2.37. The van der Waals surface area contributed by atoms with Crippen molar-refractivity contribution < 1.29 is 4.43 Å². The summed E-state index contributed by atoms with van der Waals surface area (Å²) in [5.41, 5.74) is -0.109. The highest BCUT2D eigenvalue weighted by molar-refractivity contribution is 6.80. The zero-order chi connectivity index (χ0) is 13.0. The highest BCUT2D eigenvalue weighted by Crippen LogP contribution is 2.09. The summed E-state index contributed by atoms with van der Waals surface area (Å²) < 4.78 is 6.35. The molecule has 0 aliphatic rings. The summed E-state index contributed by atoms with van der Waals surface area (Å²) in [5.74, 6) is 0. The van der Waals surface area contributed by atoms with Crippen LogP contribution in [-0.4, -0.2) is 14.6 Å². The van der Waals surface area contributed by atoms with Crippen molar-refractivity contribution in [2.75, 3.05) is 0 Å². The zero-order valence-electron chi connectivity index (χ0n) is 11.3. The van der Waals surface area contributed by atoms with Crippen LogP contribution >= 0.6 is 0 Å². The maximum atomic E-state index is 6.35. The molecule has 0 aromatic heterocycles. The average molecular weight is 256 g/mol. The molecule has 1 nitrogen and oxygen atoms in total. The first-order valence-corrected chi connectivity index (χ1v) is 7.96. The molecule has 94 valence electrons. The SMILES string of the molecule is CC(C)(C)O[SiH](c1ccccc1)c1ccccc1. The molecule has 0 fully saturated rings. The molecule has 2 heteroatoms. The van der Waals surface area contributed by atoms with Crippen LogP contribution in [0.5, 0.6) is 0 Å². The molecule has 2 rings (SSSR count). The molecule has 0 saturated heterocycles. The second-order valence-corrected chi connectivity index (χ2v) is 7.76. The third-order valence-electron chi connectivity index (χ3n) is 2.68. The summed E-state index contributed by atoms with van der Waals surface area (Å²) in [6.07, 6.45) is 0. The Bertz CT molecular complexity index is 434. The monoisotopic (exact) mass is 256 g/mol. The van der Waals surface area contributed by atoms with Crippen molar-refractivity contribution >= 4 is 19.4 Å². The first kappa shape index (κ1) is 13.1. The maximum absolute atomic E-state index is 6.35. The van der Waals surface area contributed by atoms with Gasteiger partial charge in [0, 0.05) is 5.60 Å². The quantitative estimate of drug-likeness (QED) is 0.766. The highest BCUT2D eigenvalue weighted by Gasteiger charge is 2.23. The third-order valence-corrected chi connectivity index (χ3v) is 5.60. The predicted octanol–water partition coefficient (Wildman–Crippen LogP) is 2.34. The van der Waals surface area contributed by atoms with Gasteiger partial charge in [0.2, 0.25) is 9.04 Å². The Kier molecular flexibility index (Phi) is 3.99. The van der Waals surface area contributed by atoms with Crippen molar-refractivity contribution in [1.82, 2.24) is 0 Å². The van der Waals surface area contributed by atoms with E-state index in [0.717, 1.165) is 0 Å². The molecular formula is C16H20OSi. The first-order chi connectivity index (χ1) is 8.56. The van der Waals surface area contributed by atoms with Crippen molar-refractivity contribution in [3.05, 3.63) is 60.7 Å². The van der Waals surface area contributed by atoms with Gasteiger partial charge in [-0.3, -0.25) is 0 Å². The van der Waals surface area contributed by atoms with Crippen LogP contribution in [0, 0.1) is 0 Å². The lowest BCUT2D eigenvalue weighted by Crippen LogP contribution is -2.49. The highest BCUT2D eigenvalue weighted by atomic mass is 28.3. The van der Waals surface area contributed by atoms with Crippen LogP contribution in [-0.2, 0) is 4.43 Å². The second kappa shape index (κ2) is 5.51. The van der Waals surface area contributed by atoms with Gasteiger partial charge in [0.15, 0.2) is 0 Å². The van der Waals surface area contributed by atoms with Gasteiger partial charge in [0.1, 0.15) is 0 Å². The Hall–Kier alpha value is -1.38. The third kappa shape index (κ3) is 3.55. The fraction of sp³-hybridized carbons (Fsp3) is 0.250. The molecule has 0 saturated carbocycles. The topological polar surface area (TPSA) is 9.23 Å². The van der Waals surface area contributed by atoms with Gasteiger partial charge in [-0.2, -0.15) is 0 Å². The van der Waals surface area contributed by atoms with Crippen molar-refractivity contribution in [2.45, 2.75) is 26.4 Å². The van der Waals surface area contributed by atoms with Gasteiger partial charge in [-0.25, -0.2) is 0 Å². The fourth-order valence-corrected chi connectivity index (χ4v) is 4.45. The van der Waals surface area contributed by atoms with E-state index in [0.29, 0.717) is 0 Å². The molecule has 0 unspecified atom stereocenters. The molecule has 0 bridgehead atoms. The molecule has 0 spiro atoms. The van der Waals surface area contributed by atoms with Gasteiger partial charge in [0.05, 0.1) is 0 Å². The summed E-state index contributed by atoms with van der Waals surface area (Å²) in [7, 11) is -1.58. The van der Waals surface area contributed by atoms with Crippen LogP contribution in [0.15, 0.2) is 60.7 Å². The Morgan fingerprint density at radius 2 is 1.11 bits per heavy atom. The van der Waals surface area contributed by atoms with E-state index in [1.807, 2.05) is 0 Å². The van der Waals surface area contributed by atoms with Crippen LogP contribution < -0.4 is 10.4 Å². The fourth-order valence-electron chi connectivity index (χ4n) is 1.94. The molecule has 0 aliphatic carbocycles. The van der Waals surface area contributed by atoms with E-state index in [-0.39, 0.29) is 5.60 Å². The van der Waals surface area contributed by atoms with E-state index in [1.54, 1.807) is 0 Å². The van der Waals surface area contributed by atoms with E-state index >= 15 is 0 Å². The lowest BCUT2D eigenvalue weighted by atomic mass is 10.2. The molecule has 0 amide bonds. The molecule has 0 N–H and O–H groups in total. The minimum Gasteiger partial charge on any atom is -0.406 e. The number of hydrogen-bond acceptors (Lipinski definition) is 1. The largest absolute Gasteiger partial charge is 0.406 e. The van der Waals surface area contributed by atoms with E-state index < -0.39 is 9.04 Å². The molecule has 18 heavy (non-hydrogen) atoms. The van der Waals surface area contributed by atoms with Gasteiger partial charge >= 0.3 is 0 Å². The van der Waals surface area contributed by atoms with Gasteiger partial charge in [-0.1, -0.05) is 60.7 Å². The lowest BCUT2D eigenvalue weighted by Gasteiger charge is -2.27. The van der Waals surface area contributed by atoms with Gasteiger partial charge < -0.3 is 4.43 Å². The van der Waals surface area contributed by atoms with E-state index in [2.05, 4.69) is 81.4 Å². The summed E-state index contributed by atoms with van der Waals surface area (Å²) in [6, 6.07) is 21.2. The van der Waals surface area contributed by atoms with E-state index in [1.165, 1.54) is 10.4 Å². The minimum atomic E-state index is -1.58. The Morgan fingerprint density at radius 3 is 1.44 bits per heavy atom. The van der Waals surface area contributed by atoms with Gasteiger partial charge in [-0.15, -0.1) is 0 Å². The summed E-state index contributed by atoms with van der Waals surface area (Å²) in [4.78, 5) is 0. The van der Waals surface area contributed by atoms with Crippen molar-refractivity contribution in [3.63, 3.8) is 0 Å². The van der Waals surface area contributed by atoms with Crippen molar-refractivity contribution in [3.8, 4) is 0 Å². The number of rotatable bonds is 3. The van der Waals surface area contributed by atoms with Gasteiger partial charge in [0.25, 0.3) is 0 Å². The molecule has 0 heterocycles. The lowest BCUT2D eigenvalue weighted by molar-refractivity contribution is 0.136. The molecule has 2 aromatic rings. The van der Waals surface area contributed by atoms with E-state index in [4.69, 9.17) is 4.43 Å². The number of benzene rings is 2. The molecule has 0 radical (unpaired) electrons. The smallest absolute Gasteiger partial charge is 0.240 e. The molecule has 0 atom stereocenters. The van der Waals surface area contributed by atoms with Crippen LogP contribution in [0.3, 0.4) is 0 Å². The zero-order valence-corrected chi connectivity index (χ0v) is 12.4. The predicted molar refractivity (Wildman–Crippen MR) is 80.1 cm³/mol. The Labute approximate surface area is 111 Å².